The minimum atomic E-state index is -2.94. The van der Waals surface area contributed by atoms with Crippen LogP contribution in [0.25, 0.3) is 0 Å². The predicted molar refractivity (Wildman–Crippen MR) is 81.9 cm³/mol. The van der Waals surface area contributed by atoms with Gasteiger partial charge in [-0.2, -0.15) is 0 Å². The van der Waals surface area contributed by atoms with Crippen LogP contribution in [0.2, 0.25) is 0 Å². The molecule has 0 saturated heterocycles. The van der Waals surface area contributed by atoms with E-state index in [2.05, 4.69) is 6.92 Å². The van der Waals surface area contributed by atoms with Gasteiger partial charge in [0, 0.05) is 5.54 Å². The van der Waals surface area contributed by atoms with Crippen molar-refractivity contribution < 1.29 is 8.42 Å². The van der Waals surface area contributed by atoms with Crippen molar-refractivity contribution in [2.75, 3.05) is 5.75 Å². The van der Waals surface area contributed by atoms with E-state index in [-0.39, 0.29) is 16.5 Å². The Morgan fingerprint density at radius 3 is 2.32 bits per heavy atom. The molecular formula is C15H31NO2S. The van der Waals surface area contributed by atoms with Crippen molar-refractivity contribution in [3.05, 3.63) is 0 Å². The van der Waals surface area contributed by atoms with Crippen LogP contribution in [0.3, 0.4) is 0 Å². The first kappa shape index (κ1) is 17.0. The molecule has 2 N–H and O–H groups in total. The van der Waals surface area contributed by atoms with Gasteiger partial charge < -0.3 is 5.73 Å². The maximum Gasteiger partial charge on any atom is 0.152 e. The molecule has 0 aliphatic heterocycles. The highest BCUT2D eigenvalue weighted by atomic mass is 32.2. The maximum atomic E-state index is 11.9. The van der Waals surface area contributed by atoms with Gasteiger partial charge >= 0.3 is 0 Å². The van der Waals surface area contributed by atoms with Crippen LogP contribution in [-0.4, -0.2) is 25.0 Å². The van der Waals surface area contributed by atoms with E-state index in [1.54, 1.807) is 13.8 Å². The van der Waals surface area contributed by atoms with Crippen molar-refractivity contribution in [1.82, 2.24) is 0 Å². The van der Waals surface area contributed by atoms with E-state index in [0.717, 1.165) is 18.8 Å². The van der Waals surface area contributed by atoms with Crippen molar-refractivity contribution in [2.24, 2.45) is 11.7 Å². The average Bonchev–Trinajstić information content (AvgIpc) is 2.36. The Bertz CT molecular complexity index is 354. The number of hydrogen-bond donors (Lipinski definition) is 1. The van der Waals surface area contributed by atoms with Crippen molar-refractivity contribution in [1.29, 1.82) is 0 Å². The summed E-state index contributed by atoms with van der Waals surface area (Å²) in [6.45, 7) is 5.73. The van der Waals surface area contributed by atoms with Crippen LogP contribution < -0.4 is 5.73 Å². The van der Waals surface area contributed by atoms with Crippen molar-refractivity contribution in [3.8, 4) is 0 Å². The standard InChI is InChI=1S/C15H31NO2S/c1-4-5-6-14-7-9-15(16,10-8-14)11-12-19(17,18)13(2)3/h13-14H,4-12,16H2,1-3H3. The highest BCUT2D eigenvalue weighted by molar-refractivity contribution is 7.91. The lowest BCUT2D eigenvalue weighted by atomic mass is 9.74. The predicted octanol–water partition coefficient (Wildman–Crippen LogP) is 3.28. The fraction of sp³-hybridized carbons (Fsp3) is 1.00. The molecule has 1 saturated carbocycles. The summed E-state index contributed by atoms with van der Waals surface area (Å²) in [6.07, 6.45) is 8.87. The lowest BCUT2D eigenvalue weighted by Crippen LogP contribution is -2.45. The molecule has 0 aromatic heterocycles. The largest absolute Gasteiger partial charge is 0.325 e. The SMILES string of the molecule is CCCCC1CCC(N)(CCS(=O)(=O)C(C)C)CC1. The number of hydrogen-bond acceptors (Lipinski definition) is 3. The normalized spacial score (nSPS) is 28.8. The molecule has 3 nitrogen and oxygen atoms in total. The molecule has 0 amide bonds. The van der Waals surface area contributed by atoms with E-state index in [1.165, 1.54) is 32.1 Å². The Morgan fingerprint density at radius 1 is 1.26 bits per heavy atom. The number of sulfone groups is 1. The summed E-state index contributed by atoms with van der Waals surface area (Å²) in [5.74, 6) is 1.07. The first-order valence-corrected chi connectivity index (χ1v) is 9.51. The molecule has 0 aromatic rings. The van der Waals surface area contributed by atoms with Crippen molar-refractivity contribution in [2.45, 2.75) is 82.9 Å². The molecule has 1 aliphatic rings. The van der Waals surface area contributed by atoms with Gasteiger partial charge in [-0.3, -0.25) is 0 Å². The molecule has 0 heterocycles. The highest BCUT2D eigenvalue weighted by Gasteiger charge is 2.33. The van der Waals surface area contributed by atoms with Crippen molar-refractivity contribution in [3.63, 3.8) is 0 Å². The van der Waals surface area contributed by atoms with E-state index < -0.39 is 9.84 Å². The van der Waals surface area contributed by atoms with Gasteiger partial charge in [0.15, 0.2) is 9.84 Å². The van der Waals surface area contributed by atoms with Gasteiger partial charge in [-0.05, 0) is 51.9 Å². The molecule has 0 bridgehead atoms. The van der Waals surface area contributed by atoms with Gasteiger partial charge in [-0.15, -0.1) is 0 Å². The van der Waals surface area contributed by atoms with Crippen LogP contribution in [0.5, 0.6) is 0 Å². The van der Waals surface area contributed by atoms with E-state index in [0.29, 0.717) is 6.42 Å². The van der Waals surface area contributed by atoms with E-state index >= 15 is 0 Å². The number of unbranched alkanes of at least 4 members (excludes halogenated alkanes) is 1. The second kappa shape index (κ2) is 7.07. The topological polar surface area (TPSA) is 60.2 Å². The van der Waals surface area contributed by atoms with Gasteiger partial charge in [0.25, 0.3) is 0 Å². The lowest BCUT2D eigenvalue weighted by Gasteiger charge is -2.37. The molecule has 0 aromatic carbocycles. The van der Waals surface area contributed by atoms with Crippen LogP contribution >= 0.6 is 0 Å². The molecule has 114 valence electrons. The summed E-state index contributed by atoms with van der Waals surface area (Å²) in [6, 6.07) is 0. The summed E-state index contributed by atoms with van der Waals surface area (Å²) < 4.78 is 23.7. The summed E-state index contributed by atoms with van der Waals surface area (Å²) >= 11 is 0. The fourth-order valence-electron chi connectivity index (χ4n) is 2.87. The molecule has 19 heavy (non-hydrogen) atoms. The van der Waals surface area contributed by atoms with Crippen molar-refractivity contribution >= 4 is 9.84 Å². The lowest BCUT2D eigenvalue weighted by molar-refractivity contribution is 0.218. The summed E-state index contributed by atoms with van der Waals surface area (Å²) in [5.41, 5.74) is 6.16. The minimum absolute atomic E-state index is 0.231. The summed E-state index contributed by atoms with van der Waals surface area (Å²) in [7, 11) is -2.94. The number of nitrogens with two attached hydrogens (primary N) is 1. The number of rotatable bonds is 7. The van der Waals surface area contributed by atoms with E-state index in [4.69, 9.17) is 5.73 Å². The Labute approximate surface area is 119 Å². The molecule has 0 spiro atoms. The Morgan fingerprint density at radius 2 is 1.84 bits per heavy atom. The molecule has 1 rings (SSSR count). The molecular weight excluding hydrogens is 258 g/mol. The zero-order valence-corrected chi connectivity index (χ0v) is 13.6. The molecule has 0 atom stereocenters. The molecule has 0 unspecified atom stereocenters. The Balaban J connectivity index is 2.40. The van der Waals surface area contributed by atoms with Crippen LogP contribution in [-0.2, 0) is 9.84 Å². The van der Waals surface area contributed by atoms with Gasteiger partial charge in [0.1, 0.15) is 0 Å². The summed E-state index contributed by atoms with van der Waals surface area (Å²) in [5, 5.41) is -0.281. The zero-order chi connectivity index (χ0) is 14.5. The van der Waals surface area contributed by atoms with Crippen LogP contribution in [0.4, 0.5) is 0 Å². The first-order valence-electron chi connectivity index (χ1n) is 7.79. The Hall–Kier alpha value is -0.0900. The third kappa shape index (κ3) is 5.42. The smallest absolute Gasteiger partial charge is 0.152 e. The van der Waals surface area contributed by atoms with Gasteiger partial charge in [0.05, 0.1) is 11.0 Å². The molecule has 4 heteroatoms. The quantitative estimate of drug-likeness (QED) is 0.782. The highest BCUT2D eigenvalue weighted by Crippen LogP contribution is 2.35. The monoisotopic (exact) mass is 289 g/mol. The zero-order valence-electron chi connectivity index (χ0n) is 12.8. The molecule has 1 fully saturated rings. The van der Waals surface area contributed by atoms with Crippen LogP contribution in [0.15, 0.2) is 0 Å². The maximum absolute atomic E-state index is 11.9. The second-order valence-electron chi connectivity index (χ2n) is 6.61. The van der Waals surface area contributed by atoms with E-state index in [1.807, 2.05) is 0 Å². The average molecular weight is 289 g/mol. The summed E-state index contributed by atoms with van der Waals surface area (Å²) in [4.78, 5) is 0. The third-order valence-corrected chi connectivity index (χ3v) is 6.88. The molecule has 1 aliphatic carbocycles. The first-order chi connectivity index (χ1) is 8.79. The second-order valence-corrected chi connectivity index (χ2v) is 9.29. The fourth-order valence-corrected chi connectivity index (χ4v) is 4.03. The van der Waals surface area contributed by atoms with Crippen LogP contribution in [0, 0.1) is 5.92 Å². The molecule has 0 radical (unpaired) electrons. The van der Waals surface area contributed by atoms with Gasteiger partial charge in [-0.1, -0.05) is 26.2 Å². The Kier molecular flexibility index (Phi) is 6.31. The third-order valence-electron chi connectivity index (χ3n) is 4.67. The van der Waals surface area contributed by atoms with Gasteiger partial charge in [-0.25, -0.2) is 8.42 Å². The van der Waals surface area contributed by atoms with Crippen LogP contribution in [0.1, 0.15) is 72.1 Å². The van der Waals surface area contributed by atoms with Gasteiger partial charge in [0.2, 0.25) is 0 Å². The minimum Gasteiger partial charge on any atom is -0.325 e. The van der Waals surface area contributed by atoms with E-state index in [9.17, 15) is 8.42 Å².